The van der Waals surface area contributed by atoms with E-state index >= 15 is 0 Å². The fraction of sp³-hybridized carbons (Fsp3) is 0.583. The van der Waals surface area contributed by atoms with Gasteiger partial charge in [0, 0.05) is 23.4 Å². The van der Waals surface area contributed by atoms with Crippen LogP contribution in [0.15, 0.2) is 24.3 Å². The van der Waals surface area contributed by atoms with Crippen LogP contribution >= 0.6 is 0 Å². The highest BCUT2D eigenvalue weighted by Gasteiger charge is 2.52. The van der Waals surface area contributed by atoms with E-state index in [2.05, 4.69) is 29.2 Å². The van der Waals surface area contributed by atoms with Gasteiger partial charge in [-0.3, -0.25) is 4.79 Å². The normalized spacial score (nSPS) is 31.8. The van der Waals surface area contributed by atoms with Gasteiger partial charge in [0.25, 0.3) is 0 Å². The van der Waals surface area contributed by atoms with E-state index in [4.69, 9.17) is 18.9 Å². The Balaban J connectivity index is 1.11. The monoisotopic (exact) mass is 567 g/mol. The second-order valence-corrected chi connectivity index (χ2v) is 14.5. The summed E-state index contributed by atoms with van der Waals surface area (Å²) in [4.78, 5) is 16.5. The first-order valence-corrected chi connectivity index (χ1v) is 16.4. The second kappa shape index (κ2) is 9.42. The lowest BCUT2D eigenvalue weighted by molar-refractivity contribution is -0.143. The minimum absolute atomic E-state index is 0.0692. The predicted octanol–water partition coefficient (Wildman–Crippen LogP) is 7.54. The van der Waals surface area contributed by atoms with Crippen LogP contribution in [0.3, 0.4) is 0 Å². The van der Waals surface area contributed by atoms with Crippen molar-refractivity contribution in [1.29, 1.82) is 0 Å². The number of nitrogens with zero attached hydrogens (tertiary/aromatic N) is 1. The molecule has 0 unspecified atom stereocenters. The Kier molecular flexibility index (Phi) is 5.69. The Morgan fingerprint density at radius 3 is 2.43 bits per heavy atom. The molecule has 6 nitrogen and oxygen atoms in total. The van der Waals surface area contributed by atoms with Crippen molar-refractivity contribution < 1.29 is 23.7 Å². The minimum Gasteiger partial charge on any atom is -0.493 e. The van der Waals surface area contributed by atoms with Gasteiger partial charge in [0.1, 0.15) is 0 Å². The van der Waals surface area contributed by atoms with Gasteiger partial charge < -0.3 is 23.8 Å². The Labute approximate surface area is 248 Å². The van der Waals surface area contributed by atoms with Crippen molar-refractivity contribution in [3.8, 4) is 23.0 Å². The molecule has 220 valence electrons. The summed E-state index contributed by atoms with van der Waals surface area (Å²) in [7, 11) is 1.70. The number of fused-ring (bicyclic) bond motifs is 5. The minimum atomic E-state index is -0.0692. The molecule has 8 aliphatic rings. The maximum Gasteiger partial charge on any atom is 0.311 e. The highest BCUT2D eigenvalue weighted by atomic mass is 16.7. The Morgan fingerprint density at radius 1 is 1.00 bits per heavy atom. The number of rotatable bonds is 5. The lowest BCUT2D eigenvalue weighted by Gasteiger charge is -2.56. The van der Waals surface area contributed by atoms with Gasteiger partial charge in [-0.05, 0) is 122 Å². The molecule has 2 aromatic rings. The molecule has 0 amide bonds. The first-order valence-electron chi connectivity index (χ1n) is 16.4. The van der Waals surface area contributed by atoms with Crippen molar-refractivity contribution in [3.63, 3.8) is 0 Å². The van der Waals surface area contributed by atoms with E-state index in [0.29, 0.717) is 23.8 Å². The largest absolute Gasteiger partial charge is 0.493 e. The summed E-state index contributed by atoms with van der Waals surface area (Å²) in [6.45, 7) is 1.21. The third-order valence-electron chi connectivity index (χ3n) is 11.9. The highest BCUT2D eigenvalue weighted by molar-refractivity contribution is 5.88. The smallest absolute Gasteiger partial charge is 0.311 e. The molecule has 5 fully saturated rings. The molecule has 3 aliphatic heterocycles. The lowest BCUT2D eigenvalue weighted by atomic mass is 9.49. The molecule has 5 aliphatic carbocycles. The molecule has 3 heterocycles. The van der Waals surface area contributed by atoms with Gasteiger partial charge in [0.05, 0.1) is 19.6 Å². The van der Waals surface area contributed by atoms with E-state index < -0.39 is 0 Å². The van der Waals surface area contributed by atoms with E-state index in [1.807, 2.05) is 6.07 Å². The Morgan fingerprint density at radius 2 is 1.71 bits per heavy atom. The van der Waals surface area contributed by atoms with Crippen LogP contribution in [0.5, 0.6) is 23.0 Å². The predicted molar refractivity (Wildman–Crippen MR) is 159 cm³/mol. The van der Waals surface area contributed by atoms with Crippen LogP contribution in [-0.4, -0.2) is 31.3 Å². The fourth-order valence-electron chi connectivity index (χ4n) is 10.7. The Hall–Kier alpha value is -3.15. The molecule has 0 radical (unpaired) electrons. The van der Waals surface area contributed by atoms with Crippen molar-refractivity contribution in [2.24, 2.45) is 29.1 Å². The van der Waals surface area contributed by atoms with E-state index in [0.717, 1.165) is 53.3 Å². The van der Waals surface area contributed by atoms with Crippen molar-refractivity contribution in [2.45, 2.75) is 83.1 Å². The van der Waals surface area contributed by atoms with Crippen molar-refractivity contribution in [2.75, 3.05) is 20.4 Å². The van der Waals surface area contributed by atoms with Crippen LogP contribution in [0.1, 0.15) is 98.9 Å². The van der Waals surface area contributed by atoms with E-state index in [1.54, 1.807) is 7.11 Å². The van der Waals surface area contributed by atoms with Crippen molar-refractivity contribution in [3.05, 3.63) is 46.5 Å². The van der Waals surface area contributed by atoms with E-state index in [9.17, 15) is 4.79 Å². The van der Waals surface area contributed by atoms with Crippen LogP contribution in [-0.2, 0) is 11.2 Å². The van der Waals surface area contributed by atoms with Crippen LogP contribution in [0.2, 0.25) is 0 Å². The average molecular weight is 568 g/mol. The molecule has 4 bridgehead atoms. The second-order valence-electron chi connectivity index (χ2n) is 14.5. The zero-order valence-electron chi connectivity index (χ0n) is 24.7. The molecule has 6 heteroatoms. The van der Waals surface area contributed by atoms with Gasteiger partial charge in [-0.25, -0.2) is 0 Å². The summed E-state index contributed by atoms with van der Waals surface area (Å²) >= 11 is 0. The topological polar surface area (TPSA) is 57.2 Å². The molecular weight excluding hydrogens is 526 g/mol. The van der Waals surface area contributed by atoms with Crippen LogP contribution in [0, 0.1) is 29.1 Å². The standard InChI is InChI=1S/C36H41NO5/c1-39-29-7-6-26-13-28-27-15-31-30(40-20-41-31)14-25(27)8-9-37(28)34(24-4-2-3-5-24)33(26)35(29)42-32(38)19-36-16-21-10-22(17-36)12-23(11-21)18-36/h6-7,13-15,21-24,34H,2-5,8-12,16-20H2,1H3/t21?,22?,23?,34-,36?/m0/s1. The summed E-state index contributed by atoms with van der Waals surface area (Å²) < 4.78 is 23.9. The molecule has 10 rings (SSSR count). The quantitative estimate of drug-likeness (QED) is 0.275. The molecule has 5 saturated carbocycles. The maximum atomic E-state index is 13.9. The van der Waals surface area contributed by atoms with Gasteiger partial charge in [0.15, 0.2) is 23.0 Å². The Bertz CT molecular complexity index is 1450. The number of ether oxygens (including phenoxy) is 4. The zero-order chi connectivity index (χ0) is 28.0. The number of hydrogen-bond acceptors (Lipinski definition) is 6. The number of methoxy groups -OCH3 is 1. The molecule has 0 saturated heterocycles. The highest BCUT2D eigenvalue weighted by Crippen LogP contribution is 2.62. The van der Waals surface area contributed by atoms with Gasteiger partial charge >= 0.3 is 5.97 Å². The van der Waals surface area contributed by atoms with E-state index in [-0.39, 0.29) is 24.2 Å². The number of hydrogen-bond donors (Lipinski definition) is 0. The number of carbonyl (C=O) groups is 1. The average Bonchev–Trinajstić information content (AvgIpc) is 3.66. The summed E-state index contributed by atoms with van der Waals surface area (Å²) in [5, 5.41) is 0. The van der Waals surface area contributed by atoms with Crippen molar-refractivity contribution >= 4 is 17.7 Å². The van der Waals surface area contributed by atoms with Gasteiger partial charge in [-0.1, -0.05) is 18.9 Å². The summed E-state index contributed by atoms with van der Waals surface area (Å²) in [5.41, 5.74) is 6.22. The summed E-state index contributed by atoms with van der Waals surface area (Å²) in [6, 6.07) is 8.65. The van der Waals surface area contributed by atoms with Gasteiger partial charge in [-0.15, -0.1) is 0 Å². The van der Waals surface area contributed by atoms with Crippen LogP contribution in [0.25, 0.3) is 11.8 Å². The van der Waals surface area contributed by atoms with Crippen LogP contribution < -0.4 is 18.9 Å². The number of benzene rings is 2. The first-order chi connectivity index (χ1) is 20.6. The lowest BCUT2D eigenvalue weighted by Crippen LogP contribution is -2.47. The zero-order valence-corrected chi connectivity index (χ0v) is 24.7. The first kappa shape index (κ1) is 25.4. The third kappa shape index (κ3) is 3.92. The molecule has 0 aromatic heterocycles. The molecule has 42 heavy (non-hydrogen) atoms. The van der Waals surface area contributed by atoms with Crippen molar-refractivity contribution in [1.82, 2.24) is 4.90 Å². The van der Waals surface area contributed by atoms with Gasteiger partial charge in [0.2, 0.25) is 6.79 Å². The number of carbonyl (C=O) groups excluding carboxylic acids is 1. The molecular formula is C36H41NO5. The van der Waals surface area contributed by atoms with Gasteiger partial charge in [-0.2, -0.15) is 0 Å². The summed E-state index contributed by atoms with van der Waals surface area (Å²) in [5.74, 6) is 5.91. The molecule has 2 aromatic carbocycles. The molecule has 0 N–H and O–H groups in total. The van der Waals surface area contributed by atoms with Crippen LogP contribution in [0.4, 0.5) is 0 Å². The molecule has 0 spiro atoms. The number of esters is 1. The third-order valence-corrected chi connectivity index (χ3v) is 11.9. The SMILES string of the molecule is COc1ccc2c(c1OC(=O)CC13CC4CC(CC(C4)C1)C3)[C@H](C1CCCC1)N1CCc3cc4c(cc3C1=C2)OCO4. The maximum absolute atomic E-state index is 13.9. The molecule has 1 atom stereocenters. The fourth-order valence-corrected chi connectivity index (χ4v) is 10.7. The summed E-state index contributed by atoms with van der Waals surface area (Å²) in [6.07, 6.45) is 16.5. The van der Waals surface area contributed by atoms with E-state index in [1.165, 1.54) is 81.0 Å².